The normalized spacial score (nSPS) is 14.2. The molecule has 0 fully saturated rings. The minimum atomic E-state index is -1.71. The van der Waals surface area contributed by atoms with Gasteiger partial charge >= 0.3 is 11.9 Å². The lowest BCUT2D eigenvalue weighted by molar-refractivity contribution is -0.144. The van der Waals surface area contributed by atoms with E-state index in [1.54, 1.807) is 70.2 Å². The number of ether oxygens (including phenoxy) is 1. The Morgan fingerprint density at radius 3 is 1.68 bits per heavy atom. The van der Waals surface area contributed by atoms with Crippen LogP contribution in [0.1, 0.15) is 52.2 Å². The number of carbonyl (C=O) groups is 8. The Hall–Kier alpha value is -6.04. The van der Waals surface area contributed by atoms with Crippen LogP contribution < -0.4 is 37.6 Å². The summed E-state index contributed by atoms with van der Waals surface area (Å²) in [6.45, 7) is 7.49. The third kappa shape index (κ3) is 15.4. The van der Waals surface area contributed by atoms with Crippen LogP contribution in [0.15, 0.2) is 54.6 Å². The van der Waals surface area contributed by atoms with Gasteiger partial charge in [0.1, 0.15) is 36.0 Å². The first-order valence-corrected chi connectivity index (χ1v) is 18.0. The van der Waals surface area contributed by atoms with E-state index < -0.39 is 108 Å². The highest BCUT2D eigenvalue weighted by Crippen LogP contribution is 2.13. The van der Waals surface area contributed by atoms with Gasteiger partial charge in [-0.25, -0.2) is 0 Å². The monoisotopic (exact) mass is 783 g/mol. The summed E-state index contributed by atoms with van der Waals surface area (Å²) in [6, 6.07) is 7.12. The minimum absolute atomic E-state index is 0.0283. The molecule has 0 spiro atoms. The summed E-state index contributed by atoms with van der Waals surface area (Å²) in [5.41, 5.74) is 6.38. The molecule has 10 N–H and O–H groups in total. The third-order valence-corrected chi connectivity index (χ3v) is 8.56. The number of carbonyl (C=O) groups excluding carboxylic acids is 7. The Kier molecular flexibility index (Phi) is 18.4. The largest absolute Gasteiger partial charge is 0.508 e. The van der Waals surface area contributed by atoms with E-state index in [4.69, 9.17) is 10.5 Å². The number of hydrogen-bond donors (Lipinski definition) is 9. The number of carboxylic acids is 1. The lowest BCUT2D eigenvalue weighted by Gasteiger charge is -2.29. The van der Waals surface area contributed by atoms with E-state index in [2.05, 4.69) is 31.9 Å². The molecule has 6 atom stereocenters. The van der Waals surface area contributed by atoms with E-state index in [1.165, 1.54) is 26.2 Å². The quantitative estimate of drug-likeness (QED) is 0.0652. The second-order valence-corrected chi connectivity index (χ2v) is 13.9. The Morgan fingerprint density at radius 2 is 1.14 bits per heavy atom. The van der Waals surface area contributed by atoms with Crippen molar-refractivity contribution in [1.82, 2.24) is 31.9 Å². The Labute approximate surface area is 325 Å². The van der Waals surface area contributed by atoms with Crippen LogP contribution in [0.2, 0.25) is 0 Å². The summed E-state index contributed by atoms with van der Waals surface area (Å²) < 4.78 is 4.91. The molecule has 6 amide bonds. The molecule has 0 heterocycles. The van der Waals surface area contributed by atoms with Gasteiger partial charge in [0, 0.05) is 6.42 Å². The van der Waals surface area contributed by atoms with Crippen molar-refractivity contribution < 1.29 is 53.3 Å². The lowest BCUT2D eigenvalue weighted by atomic mass is 9.99. The molecule has 0 aromatic heterocycles. The van der Waals surface area contributed by atoms with Crippen molar-refractivity contribution in [3.63, 3.8) is 0 Å². The molecule has 0 aliphatic carbocycles. The number of phenolic OH excluding ortho intramolecular Hbond substituents is 1. The van der Waals surface area contributed by atoms with Crippen LogP contribution >= 0.6 is 0 Å². The van der Waals surface area contributed by atoms with Crippen molar-refractivity contribution in [2.24, 2.45) is 17.6 Å². The summed E-state index contributed by atoms with van der Waals surface area (Å²) in [6.07, 6.45) is -0.872. The van der Waals surface area contributed by atoms with Gasteiger partial charge in [-0.2, -0.15) is 0 Å². The number of nitrogens with one attached hydrogen (secondary N) is 6. The Balaban J connectivity index is 2.30. The predicted octanol–water partition coefficient (Wildman–Crippen LogP) is -0.975. The van der Waals surface area contributed by atoms with Gasteiger partial charge in [0.25, 0.3) is 0 Å². The number of methoxy groups -OCH3 is 1. The van der Waals surface area contributed by atoms with Crippen LogP contribution in [0.5, 0.6) is 5.75 Å². The molecule has 2 aromatic carbocycles. The van der Waals surface area contributed by atoms with Gasteiger partial charge in [-0.1, -0.05) is 70.2 Å². The van der Waals surface area contributed by atoms with Gasteiger partial charge in [-0.3, -0.25) is 43.7 Å². The fourth-order valence-corrected chi connectivity index (χ4v) is 5.46. The summed E-state index contributed by atoms with van der Waals surface area (Å²) in [4.78, 5) is 103. The second kappa shape index (κ2) is 22.4. The maximum Gasteiger partial charge on any atom is 0.323 e. The van der Waals surface area contributed by atoms with Crippen LogP contribution in [-0.4, -0.2) is 108 Å². The average molecular weight is 784 g/mol. The summed E-state index contributed by atoms with van der Waals surface area (Å²) in [7, 11) is 1.19. The van der Waals surface area contributed by atoms with Gasteiger partial charge in [0.2, 0.25) is 35.4 Å². The van der Waals surface area contributed by atoms with E-state index in [-0.39, 0.29) is 18.6 Å². The number of phenols is 1. The topological polar surface area (TPSA) is 284 Å². The standard InChI is InChI=1S/C38H53N7O11/c1-20(2)31(36(53)40-19-29(39)47)45-37(54)32(21(3)4)44-35(52)27(18-30(48)49)43-34(51)26(16-23-10-8-7-9-11-23)42-33(50)22(5)41-28(38(55)56-6)17-24-12-14-25(46)15-13-24/h7-15,20-22,26-28,31-32,41,46H,16-19H2,1-6H3,(H2,39,47)(H,40,53)(H,42,50)(H,43,51)(H,44,52)(H,45,54)(H,48,49)/t22-,26-,27-,28-,31-,32-/m0/s1. The smallest absolute Gasteiger partial charge is 0.323 e. The zero-order valence-electron chi connectivity index (χ0n) is 32.3. The van der Waals surface area contributed by atoms with Crippen molar-refractivity contribution in [2.75, 3.05) is 13.7 Å². The number of benzene rings is 2. The molecule has 18 heteroatoms. The van der Waals surface area contributed by atoms with E-state index in [0.29, 0.717) is 11.1 Å². The van der Waals surface area contributed by atoms with Crippen LogP contribution in [0, 0.1) is 11.8 Å². The van der Waals surface area contributed by atoms with Gasteiger partial charge in [0.15, 0.2) is 0 Å². The molecule has 0 aliphatic rings. The van der Waals surface area contributed by atoms with Gasteiger partial charge in [0.05, 0.1) is 26.1 Å². The third-order valence-electron chi connectivity index (χ3n) is 8.56. The van der Waals surface area contributed by atoms with Gasteiger partial charge in [-0.15, -0.1) is 0 Å². The summed E-state index contributed by atoms with van der Waals surface area (Å²) >= 11 is 0. The molecule has 2 rings (SSSR count). The molecular weight excluding hydrogens is 730 g/mol. The number of hydrogen-bond acceptors (Lipinski definition) is 11. The van der Waals surface area contributed by atoms with Crippen molar-refractivity contribution in [3.05, 3.63) is 65.7 Å². The molecule has 0 saturated heterocycles. The molecule has 0 aliphatic heterocycles. The first kappa shape index (κ1) is 46.1. The maximum atomic E-state index is 13.8. The van der Waals surface area contributed by atoms with Gasteiger partial charge < -0.3 is 47.3 Å². The molecular formula is C38H53N7O11. The number of primary amides is 1. The first-order chi connectivity index (χ1) is 26.3. The van der Waals surface area contributed by atoms with E-state index in [1.807, 2.05) is 0 Å². The fraction of sp³-hybridized carbons (Fsp3) is 0.474. The summed E-state index contributed by atoms with van der Waals surface area (Å²) in [5.74, 6) is -8.04. The van der Waals surface area contributed by atoms with Crippen molar-refractivity contribution in [3.8, 4) is 5.75 Å². The van der Waals surface area contributed by atoms with Crippen LogP contribution in [0.3, 0.4) is 0 Å². The number of esters is 1. The minimum Gasteiger partial charge on any atom is -0.508 e. The molecule has 0 radical (unpaired) electrons. The zero-order chi connectivity index (χ0) is 42.1. The lowest BCUT2D eigenvalue weighted by Crippen LogP contribution is -2.61. The number of rotatable bonds is 22. The van der Waals surface area contributed by atoms with Crippen molar-refractivity contribution >= 4 is 47.4 Å². The predicted molar refractivity (Wildman–Crippen MR) is 202 cm³/mol. The molecule has 2 aromatic rings. The van der Waals surface area contributed by atoms with E-state index in [9.17, 15) is 48.6 Å². The van der Waals surface area contributed by atoms with Crippen LogP contribution in [0.4, 0.5) is 0 Å². The number of amides is 6. The molecule has 0 bridgehead atoms. The molecule has 56 heavy (non-hydrogen) atoms. The molecule has 306 valence electrons. The van der Waals surface area contributed by atoms with E-state index >= 15 is 0 Å². The number of aliphatic carboxylic acids is 1. The Bertz CT molecular complexity index is 1690. The Morgan fingerprint density at radius 1 is 0.643 bits per heavy atom. The van der Waals surface area contributed by atoms with E-state index in [0.717, 1.165) is 0 Å². The second-order valence-electron chi connectivity index (χ2n) is 13.9. The van der Waals surface area contributed by atoms with Crippen LogP contribution in [-0.2, 0) is 55.9 Å². The number of nitrogens with two attached hydrogens (primary N) is 1. The number of aromatic hydroxyl groups is 1. The van der Waals surface area contributed by atoms with Crippen molar-refractivity contribution in [2.45, 2.75) is 90.1 Å². The van der Waals surface area contributed by atoms with Crippen molar-refractivity contribution in [1.29, 1.82) is 0 Å². The highest BCUT2D eigenvalue weighted by molar-refractivity contribution is 5.97. The molecule has 18 nitrogen and oxygen atoms in total. The van der Waals surface area contributed by atoms with Gasteiger partial charge in [-0.05, 0) is 48.4 Å². The first-order valence-electron chi connectivity index (χ1n) is 18.0. The molecule has 0 saturated carbocycles. The molecule has 0 unspecified atom stereocenters. The van der Waals surface area contributed by atoms with Crippen LogP contribution in [0.25, 0.3) is 0 Å². The summed E-state index contributed by atoms with van der Waals surface area (Å²) in [5, 5.41) is 34.6. The highest BCUT2D eigenvalue weighted by atomic mass is 16.5. The number of carboxylic acid groups (broad SMARTS) is 1. The SMILES string of the molecule is COC(=O)[C@H](Cc1ccc(O)cc1)N[C@@H](C)C(=O)N[C@@H](Cc1ccccc1)C(=O)N[C@@H](CC(=O)O)C(=O)N[C@H](C(=O)N[C@H](C(=O)NCC(N)=O)C(C)C)C(C)C. The fourth-order valence-electron chi connectivity index (χ4n) is 5.46. The zero-order valence-corrected chi connectivity index (χ0v) is 32.3. The maximum absolute atomic E-state index is 13.8. The average Bonchev–Trinajstić information content (AvgIpc) is 3.14. The highest BCUT2D eigenvalue weighted by Gasteiger charge is 2.35.